The van der Waals surface area contributed by atoms with Crippen LogP contribution < -0.4 is 5.32 Å². The van der Waals surface area contributed by atoms with E-state index in [0.717, 1.165) is 32.4 Å². The van der Waals surface area contributed by atoms with Gasteiger partial charge in [-0.2, -0.15) is 0 Å². The highest BCUT2D eigenvalue weighted by Crippen LogP contribution is 2.21. The van der Waals surface area contributed by atoms with Crippen LogP contribution in [0.1, 0.15) is 38.2 Å². The number of nitrogens with one attached hydrogen (secondary N) is 1. The van der Waals surface area contributed by atoms with Crippen LogP contribution >= 0.6 is 11.6 Å². The van der Waals surface area contributed by atoms with Crippen LogP contribution in [-0.4, -0.2) is 25.3 Å². The van der Waals surface area contributed by atoms with Gasteiger partial charge in [-0.15, -0.1) is 0 Å². The van der Waals surface area contributed by atoms with E-state index in [-0.39, 0.29) is 11.9 Å². The third kappa shape index (κ3) is 4.72. The molecule has 0 aliphatic carbocycles. The Morgan fingerprint density at radius 2 is 2.30 bits per heavy atom. The van der Waals surface area contributed by atoms with E-state index < -0.39 is 0 Å². The number of rotatable bonds is 6. The summed E-state index contributed by atoms with van der Waals surface area (Å²) < 4.78 is 19.6. The Hall–Kier alpha value is -0.640. The lowest BCUT2D eigenvalue weighted by atomic mass is 9.96. The summed E-state index contributed by atoms with van der Waals surface area (Å²) in [4.78, 5) is 0. The fourth-order valence-electron chi connectivity index (χ4n) is 2.80. The second kappa shape index (κ2) is 7.96. The van der Waals surface area contributed by atoms with Gasteiger partial charge in [-0.1, -0.05) is 18.5 Å². The normalized spacial score (nSPS) is 20.9. The second-order valence-corrected chi connectivity index (χ2v) is 5.86. The standard InChI is InChI=1S/C16H23ClFNO/c1-2-19-14(11-15-5-3-4-8-20-15)10-12-9-13(17)6-7-16(12)18/h6-7,9,14-15,19H,2-5,8,10-11H2,1H3. The highest BCUT2D eigenvalue weighted by molar-refractivity contribution is 6.30. The summed E-state index contributed by atoms with van der Waals surface area (Å²) in [5.74, 6) is -0.179. The first kappa shape index (κ1) is 15.7. The van der Waals surface area contributed by atoms with Gasteiger partial charge < -0.3 is 10.1 Å². The molecule has 1 saturated heterocycles. The first-order valence-corrected chi connectivity index (χ1v) is 7.85. The minimum atomic E-state index is -0.179. The number of likely N-dealkylation sites (N-methyl/N-ethyl adjacent to an activating group) is 1. The largest absolute Gasteiger partial charge is 0.378 e. The molecule has 2 atom stereocenters. The SMILES string of the molecule is CCNC(Cc1cc(Cl)ccc1F)CC1CCCCO1. The Kier molecular flexibility index (Phi) is 6.27. The number of hydrogen-bond acceptors (Lipinski definition) is 2. The molecule has 0 bridgehead atoms. The summed E-state index contributed by atoms with van der Waals surface area (Å²) in [6.07, 6.45) is 5.38. The Morgan fingerprint density at radius 1 is 1.45 bits per heavy atom. The molecule has 20 heavy (non-hydrogen) atoms. The van der Waals surface area contributed by atoms with E-state index >= 15 is 0 Å². The number of hydrogen-bond donors (Lipinski definition) is 1. The van der Waals surface area contributed by atoms with Crippen LogP contribution in [0.2, 0.25) is 5.02 Å². The van der Waals surface area contributed by atoms with Crippen molar-refractivity contribution in [1.82, 2.24) is 5.32 Å². The van der Waals surface area contributed by atoms with E-state index in [9.17, 15) is 4.39 Å². The Bertz CT molecular complexity index is 421. The van der Waals surface area contributed by atoms with Crippen LogP contribution in [0.25, 0.3) is 0 Å². The first-order chi connectivity index (χ1) is 9.69. The molecule has 1 N–H and O–H groups in total. The van der Waals surface area contributed by atoms with Crippen molar-refractivity contribution in [1.29, 1.82) is 0 Å². The molecule has 4 heteroatoms. The molecular weight excluding hydrogens is 277 g/mol. The zero-order valence-electron chi connectivity index (χ0n) is 12.0. The summed E-state index contributed by atoms with van der Waals surface area (Å²) in [6.45, 7) is 3.80. The van der Waals surface area contributed by atoms with Gasteiger partial charge in [0, 0.05) is 17.7 Å². The maximum absolute atomic E-state index is 13.8. The Morgan fingerprint density at radius 3 is 3.00 bits per heavy atom. The average molecular weight is 300 g/mol. The van der Waals surface area contributed by atoms with Crippen LogP contribution in [0.15, 0.2) is 18.2 Å². The van der Waals surface area contributed by atoms with Gasteiger partial charge in [0.25, 0.3) is 0 Å². The lowest BCUT2D eigenvalue weighted by molar-refractivity contribution is 0.00530. The van der Waals surface area contributed by atoms with Crippen molar-refractivity contribution in [3.8, 4) is 0 Å². The van der Waals surface area contributed by atoms with Gasteiger partial charge in [0.2, 0.25) is 0 Å². The molecule has 112 valence electrons. The fourth-order valence-corrected chi connectivity index (χ4v) is 3.00. The third-order valence-corrected chi connectivity index (χ3v) is 4.02. The average Bonchev–Trinajstić information content (AvgIpc) is 2.44. The summed E-state index contributed by atoms with van der Waals surface area (Å²) >= 11 is 5.96. The summed E-state index contributed by atoms with van der Waals surface area (Å²) in [7, 11) is 0. The molecule has 2 rings (SSSR count). The van der Waals surface area contributed by atoms with Crippen molar-refractivity contribution in [3.05, 3.63) is 34.6 Å². The van der Waals surface area contributed by atoms with E-state index in [4.69, 9.17) is 16.3 Å². The molecular formula is C16H23ClFNO. The molecule has 1 aliphatic rings. The molecule has 1 heterocycles. The molecule has 1 fully saturated rings. The third-order valence-electron chi connectivity index (χ3n) is 3.79. The van der Waals surface area contributed by atoms with E-state index in [1.807, 2.05) is 0 Å². The van der Waals surface area contributed by atoms with Crippen molar-refractivity contribution in [2.45, 2.75) is 51.2 Å². The fraction of sp³-hybridized carbons (Fsp3) is 0.625. The number of ether oxygens (including phenoxy) is 1. The molecule has 0 amide bonds. The summed E-state index contributed by atoms with van der Waals surface area (Å²) in [5, 5.41) is 4.02. The molecule has 0 spiro atoms. The molecule has 0 radical (unpaired) electrons. The molecule has 1 aliphatic heterocycles. The molecule has 0 saturated carbocycles. The smallest absolute Gasteiger partial charge is 0.126 e. The van der Waals surface area contributed by atoms with Crippen molar-refractivity contribution in [3.63, 3.8) is 0 Å². The minimum absolute atomic E-state index is 0.179. The maximum atomic E-state index is 13.8. The minimum Gasteiger partial charge on any atom is -0.378 e. The second-order valence-electron chi connectivity index (χ2n) is 5.42. The lowest BCUT2D eigenvalue weighted by Crippen LogP contribution is -2.36. The summed E-state index contributed by atoms with van der Waals surface area (Å²) in [6, 6.07) is 4.99. The van der Waals surface area contributed by atoms with Crippen LogP contribution in [0.4, 0.5) is 4.39 Å². The number of benzene rings is 1. The van der Waals surface area contributed by atoms with Crippen molar-refractivity contribution >= 4 is 11.6 Å². The molecule has 2 unspecified atom stereocenters. The summed E-state index contributed by atoms with van der Waals surface area (Å²) in [5.41, 5.74) is 0.680. The van der Waals surface area contributed by atoms with Crippen molar-refractivity contribution in [2.75, 3.05) is 13.2 Å². The van der Waals surface area contributed by atoms with Gasteiger partial charge in [0.15, 0.2) is 0 Å². The molecule has 0 aromatic heterocycles. The predicted molar refractivity (Wildman–Crippen MR) is 80.8 cm³/mol. The number of halogens is 2. The lowest BCUT2D eigenvalue weighted by Gasteiger charge is -2.27. The zero-order chi connectivity index (χ0) is 14.4. The van der Waals surface area contributed by atoms with Crippen LogP contribution in [0.5, 0.6) is 0 Å². The quantitative estimate of drug-likeness (QED) is 0.858. The van der Waals surface area contributed by atoms with E-state index in [0.29, 0.717) is 23.1 Å². The first-order valence-electron chi connectivity index (χ1n) is 7.48. The van der Waals surface area contributed by atoms with Crippen molar-refractivity contribution in [2.24, 2.45) is 0 Å². The van der Waals surface area contributed by atoms with Crippen molar-refractivity contribution < 1.29 is 9.13 Å². The van der Waals surface area contributed by atoms with E-state index in [2.05, 4.69) is 12.2 Å². The van der Waals surface area contributed by atoms with E-state index in [1.165, 1.54) is 12.5 Å². The zero-order valence-corrected chi connectivity index (χ0v) is 12.8. The molecule has 1 aromatic rings. The van der Waals surface area contributed by atoms with Crippen LogP contribution in [0, 0.1) is 5.82 Å². The van der Waals surface area contributed by atoms with Gasteiger partial charge in [-0.05, 0) is 62.4 Å². The van der Waals surface area contributed by atoms with E-state index in [1.54, 1.807) is 12.1 Å². The predicted octanol–water partition coefficient (Wildman–Crippen LogP) is 3.96. The van der Waals surface area contributed by atoms with Crippen LogP contribution in [-0.2, 0) is 11.2 Å². The van der Waals surface area contributed by atoms with Gasteiger partial charge in [0.05, 0.1) is 6.10 Å². The Balaban J connectivity index is 1.98. The van der Waals surface area contributed by atoms with Crippen LogP contribution in [0.3, 0.4) is 0 Å². The van der Waals surface area contributed by atoms with Gasteiger partial charge in [-0.25, -0.2) is 4.39 Å². The molecule has 2 nitrogen and oxygen atoms in total. The highest BCUT2D eigenvalue weighted by Gasteiger charge is 2.20. The maximum Gasteiger partial charge on any atom is 0.126 e. The molecule has 1 aromatic carbocycles. The highest BCUT2D eigenvalue weighted by atomic mass is 35.5. The monoisotopic (exact) mass is 299 g/mol. The van der Waals surface area contributed by atoms with Gasteiger partial charge in [-0.3, -0.25) is 0 Å². The topological polar surface area (TPSA) is 21.3 Å². The van der Waals surface area contributed by atoms with Gasteiger partial charge in [0.1, 0.15) is 5.82 Å². The van der Waals surface area contributed by atoms with Gasteiger partial charge >= 0.3 is 0 Å². The Labute approximate surface area is 125 Å².